The first kappa shape index (κ1) is 14.9. The van der Waals surface area contributed by atoms with E-state index < -0.39 is 0 Å². The highest BCUT2D eigenvalue weighted by Crippen LogP contribution is 2.00. The lowest BCUT2D eigenvalue weighted by molar-refractivity contribution is -0.876. The number of carbonyl (C=O) groups is 1. The summed E-state index contributed by atoms with van der Waals surface area (Å²) in [7, 11) is 4.14. The topological polar surface area (TPSA) is 26.3 Å². The molecule has 0 rings (SSSR count). The van der Waals surface area contributed by atoms with Crippen LogP contribution in [-0.2, 0) is 9.53 Å². The lowest BCUT2D eigenvalue weighted by atomic mass is 10.5. The van der Waals surface area contributed by atoms with Crippen LogP contribution in [0.1, 0.15) is 6.92 Å². The van der Waals surface area contributed by atoms with E-state index in [9.17, 15) is 4.79 Å². The molecule has 0 N–H and O–H groups in total. The second kappa shape index (κ2) is 6.86. The Kier molecular flexibility index (Phi) is 8.51. The number of carbonyl (C=O) groups excluding carboxylic acids is 1. The Labute approximate surface area is 92.6 Å². The van der Waals surface area contributed by atoms with E-state index in [2.05, 4.69) is 30.0 Å². The van der Waals surface area contributed by atoms with E-state index in [4.69, 9.17) is 4.74 Å². The fraction of sp³-hybridized carbons (Fsp3) is 0.857. The molecule has 0 aliphatic heterocycles. The van der Waals surface area contributed by atoms with Crippen molar-refractivity contribution in [3.05, 3.63) is 0 Å². The van der Waals surface area contributed by atoms with Crippen LogP contribution < -0.4 is 17.0 Å². The zero-order valence-electron chi connectivity index (χ0n) is 7.64. The van der Waals surface area contributed by atoms with Crippen molar-refractivity contribution in [2.24, 2.45) is 0 Å². The molecule has 0 aromatic carbocycles. The molecule has 0 atom stereocenters. The molecule has 0 bridgehead atoms. The van der Waals surface area contributed by atoms with Gasteiger partial charge in [-0.1, -0.05) is 0 Å². The van der Waals surface area contributed by atoms with E-state index >= 15 is 0 Å². The van der Waals surface area contributed by atoms with Crippen LogP contribution in [0.5, 0.6) is 0 Å². The maximum absolute atomic E-state index is 10.4. The van der Waals surface area contributed by atoms with Gasteiger partial charge in [-0.2, -0.15) is 0 Å². The van der Waals surface area contributed by atoms with Gasteiger partial charge in [0.2, 0.25) is 0 Å². The van der Waals surface area contributed by atoms with Crippen LogP contribution in [0.25, 0.3) is 0 Å². The number of hydrogen-bond acceptors (Lipinski definition) is 2. The maximum atomic E-state index is 10.4. The summed E-state index contributed by atoms with van der Waals surface area (Å²) in [6.45, 7) is 2.76. The van der Waals surface area contributed by atoms with E-state index in [1.54, 1.807) is 0 Å². The maximum Gasteiger partial charge on any atom is 0.302 e. The summed E-state index contributed by atoms with van der Waals surface area (Å²) < 4.78 is 5.62. The smallest absolute Gasteiger partial charge is 0.302 e. The standard InChI is InChI=1S/C7H15BrNO2.BrH/c1-7(10)11-5-4-9(2,3)6-8;/h4-6H2,1-3H3;1H/q+1;/p-1. The molecule has 74 valence electrons. The molecule has 0 aromatic rings. The molecule has 0 aromatic heterocycles. The predicted molar refractivity (Wildman–Crippen MR) is 47.4 cm³/mol. The summed E-state index contributed by atoms with van der Waals surface area (Å²) in [5.74, 6) is -0.209. The van der Waals surface area contributed by atoms with Crippen molar-refractivity contribution >= 4 is 21.9 Å². The van der Waals surface area contributed by atoms with Gasteiger partial charge < -0.3 is 26.2 Å². The van der Waals surface area contributed by atoms with Gasteiger partial charge >= 0.3 is 5.97 Å². The lowest BCUT2D eigenvalue weighted by Gasteiger charge is -2.26. The Morgan fingerprint density at radius 3 is 2.33 bits per heavy atom. The van der Waals surface area contributed by atoms with Gasteiger partial charge in [0.25, 0.3) is 0 Å². The lowest BCUT2D eigenvalue weighted by Crippen LogP contribution is -3.00. The first-order valence-corrected chi connectivity index (χ1v) is 4.61. The third-order valence-corrected chi connectivity index (χ3v) is 2.68. The zero-order valence-corrected chi connectivity index (χ0v) is 10.8. The highest BCUT2D eigenvalue weighted by molar-refractivity contribution is 9.09. The third-order valence-electron chi connectivity index (χ3n) is 1.33. The van der Waals surface area contributed by atoms with Gasteiger partial charge in [-0.05, 0) is 15.9 Å². The van der Waals surface area contributed by atoms with Crippen LogP contribution in [-0.4, -0.2) is 43.2 Å². The van der Waals surface area contributed by atoms with Crippen LogP contribution in [0.15, 0.2) is 0 Å². The number of likely N-dealkylation sites (N-methyl/N-ethyl adjacent to an activating group) is 1. The van der Waals surface area contributed by atoms with Crippen molar-refractivity contribution in [1.29, 1.82) is 0 Å². The van der Waals surface area contributed by atoms with Crippen LogP contribution in [0.2, 0.25) is 0 Å². The average Bonchev–Trinajstić information content (AvgIpc) is 1.87. The quantitative estimate of drug-likeness (QED) is 0.259. The predicted octanol–water partition coefficient (Wildman–Crippen LogP) is -2.02. The summed E-state index contributed by atoms with van der Waals surface area (Å²) in [5, 5.41) is 0. The molecule has 0 fully saturated rings. The SMILES string of the molecule is CC(=O)OCC[N+](C)(C)CBr.[Br-]. The number of ether oxygens (including phenoxy) is 1. The second-order valence-corrected chi connectivity index (χ2v) is 3.62. The van der Waals surface area contributed by atoms with Gasteiger partial charge in [-0.25, -0.2) is 0 Å². The van der Waals surface area contributed by atoms with Gasteiger partial charge in [-0.15, -0.1) is 0 Å². The minimum absolute atomic E-state index is 0. The van der Waals surface area contributed by atoms with E-state index in [0.29, 0.717) is 6.61 Å². The van der Waals surface area contributed by atoms with Crippen molar-refractivity contribution < 1.29 is 31.0 Å². The summed E-state index contributed by atoms with van der Waals surface area (Å²) in [5.41, 5.74) is 0.869. The van der Waals surface area contributed by atoms with Gasteiger partial charge in [0.15, 0.2) is 0 Å². The van der Waals surface area contributed by atoms with Crippen LogP contribution in [0, 0.1) is 0 Å². The van der Waals surface area contributed by atoms with Crippen LogP contribution >= 0.6 is 15.9 Å². The Balaban J connectivity index is 0. The number of quaternary nitrogens is 1. The molecular formula is C7H15Br2NO2. The molecule has 0 unspecified atom stereocenters. The summed E-state index contributed by atoms with van der Waals surface area (Å²) in [4.78, 5) is 10.4. The molecule has 0 aliphatic carbocycles. The summed E-state index contributed by atoms with van der Waals surface area (Å²) in [6, 6.07) is 0. The first-order chi connectivity index (χ1) is 4.98. The largest absolute Gasteiger partial charge is 1.00 e. The number of hydrogen-bond donors (Lipinski definition) is 0. The van der Waals surface area contributed by atoms with E-state index in [1.165, 1.54) is 6.92 Å². The fourth-order valence-corrected chi connectivity index (χ4v) is 0.747. The fourth-order valence-electron chi connectivity index (χ4n) is 0.496. The Morgan fingerprint density at radius 1 is 1.50 bits per heavy atom. The number of halogens is 2. The number of alkyl halides is 1. The summed E-state index contributed by atoms with van der Waals surface area (Å²) in [6.07, 6.45) is 0. The number of esters is 1. The Morgan fingerprint density at radius 2 is 2.00 bits per heavy atom. The Hall–Kier alpha value is 0.390. The first-order valence-electron chi connectivity index (χ1n) is 3.49. The average molecular weight is 305 g/mol. The highest BCUT2D eigenvalue weighted by Gasteiger charge is 2.12. The molecule has 3 nitrogen and oxygen atoms in total. The van der Waals surface area contributed by atoms with Crippen LogP contribution in [0.4, 0.5) is 0 Å². The normalized spacial score (nSPS) is 10.3. The monoisotopic (exact) mass is 303 g/mol. The van der Waals surface area contributed by atoms with E-state index in [0.717, 1.165) is 16.5 Å². The second-order valence-electron chi connectivity index (χ2n) is 3.12. The van der Waals surface area contributed by atoms with Gasteiger partial charge in [-0.3, -0.25) is 4.79 Å². The number of nitrogens with zero attached hydrogens (tertiary/aromatic N) is 1. The van der Waals surface area contributed by atoms with Crippen molar-refractivity contribution in [2.75, 3.05) is 32.7 Å². The molecule has 12 heavy (non-hydrogen) atoms. The minimum Gasteiger partial charge on any atom is -1.00 e. The van der Waals surface area contributed by atoms with Crippen molar-refractivity contribution in [2.45, 2.75) is 6.92 Å². The molecule has 0 saturated carbocycles. The van der Waals surface area contributed by atoms with Crippen molar-refractivity contribution in [3.63, 3.8) is 0 Å². The molecule has 0 spiro atoms. The molecule has 0 aliphatic rings. The van der Waals surface area contributed by atoms with Gasteiger partial charge in [0.05, 0.1) is 14.1 Å². The van der Waals surface area contributed by atoms with E-state index in [1.807, 2.05) is 0 Å². The van der Waals surface area contributed by atoms with Crippen molar-refractivity contribution in [3.8, 4) is 0 Å². The van der Waals surface area contributed by atoms with Crippen LogP contribution in [0.3, 0.4) is 0 Å². The molecule has 5 heteroatoms. The zero-order chi connectivity index (χ0) is 8.91. The van der Waals surface area contributed by atoms with Crippen molar-refractivity contribution in [1.82, 2.24) is 0 Å². The van der Waals surface area contributed by atoms with Gasteiger partial charge in [0.1, 0.15) is 18.6 Å². The molecule has 0 radical (unpaired) electrons. The highest BCUT2D eigenvalue weighted by atomic mass is 79.9. The molecule has 0 amide bonds. The van der Waals surface area contributed by atoms with Gasteiger partial charge in [0, 0.05) is 6.92 Å². The molecule has 0 heterocycles. The van der Waals surface area contributed by atoms with E-state index in [-0.39, 0.29) is 23.0 Å². The number of rotatable bonds is 4. The molecule has 0 saturated heterocycles. The third kappa shape index (κ3) is 8.49. The molecular weight excluding hydrogens is 290 g/mol. The summed E-state index contributed by atoms with van der Waals surface area (Å²) >= 11 is 3.37. The minimum atomic E-state index is -0.209. The Bertz CT molecular complexity index is 139.